The molecule has 0 bridgehead atoms. The van der Waals surface area contributed by atoms with E-state index in [9.17, 15) is 13.6 Å². The maximum absolute atomic E-state index is 12.4. The quantitative estimate of drug-likeness (QED) is 0.734. The molecule has 0 saturated heterocycles. The molecular weight excluding hydrogens is 274 g/mol. The summed E-state index contributed by atoms with van der Waals surface area (Å²) in [5.74, 6) is -0.215. The van der Waals surface area contributed by atoms with Gasteiger partial charge in [0.25, 0.3) is 0 Å². The summed E-state index contributed by atoms with van der Waals surface area (Å²) in [5, 5.41) is 0. The first-order valence-electron chi connectivity index (χ1n) is 6.78. The fraction of sp³-hybridized carbons (Fsp3) is 0.235. The lowest BCUT2D eigenvalue weighted by Gasteiger charge is -2.07. The molecule has 0 fully saturated rings. The van der Waals surface area contributed by atoms with E-state index < -0.39 is 6.61 Å². The van der Waals surface area contributed by atoms with Gasteiger partial charge in [-0.25, -0.2) is 0 Å². The minimum Gasteiger partial charge on any atom is -0.435 e. The molecule has 21 heavy (non-hydrogen) atoms. The van der Waals surface area contributed by atoms with E-state index in [4.69, 9.17) is 0 Å². The molecule has 0 aliphatic rings. The highest BCUT2D eigenvalue weighted by Gasteiger charge is 2.12. The Morgan fingerprint density at radius 3 is 2.43 bits per heavy atom. The van der Waals surface area contributed by atoms with E-state index in [2.05, 4.69) is 11.7 Å². The summed E-state index contributed by atoms with van der Waals surface area (Å²) >= 11 is 0. The van der Waals surface area contributed by atoms with Crippen molar-refractivity contribution in [3.8, 4) is 5.75 Å². The van der Waals surface area contributed by atoms with Gasteiger partial charge in [0.1, 0.15) is 5.75 Å². The molecule has 110 valence electrons. The first-order valence-corrected chi connectivity index (χ1v) is 6.78. The number of carbonyl (C=O) groups is 1. The molecule has 0 aliphatic heterocycles. The monoisotopic (exact) mass is 290 g/mol. The molecule has 2 aromatic carbocycles. The highest BCUT2D eigenvalue weighted by molar-refractivity contribution is 6.09. The second-order valence-corrected chi connectivity index (χ2v) is 4.69. The van der Waals surface area contributed by atoms with Crippen LogP contribution in [0.4, 0.5) is 8.78 Å². The Labute approximate surface area is 122 Å². The van der Waals surface area contributed by atoms with E-state index in [0.29, 0.717) is 11.1 Å². The Kier molecular flexibility index (Phi) is 5.04. The average Bonchev–Trinajstić information content (AvgIpc) is 2.47. The first kappa shape index (κ1) is 15.2. The Balaban J connectivity index is 2.25. The van der Waals surface area contributed by atoms with Crippen molar-refractivity contribution in [2.24, 2.45) is 0 Å². The van der Waals surface area contributed by atoms with Crippen molar-refractivity contribution < 1.29 is 18.3 Å². The Morgan fingerprint density at radius 2 is 1.76 bits per heavy atom. The Bertz CT molecular complexity index is 624. The second-order valence-electron chi connectivity index (χ2n) is 4.69. The van der Waals surface area contributed by atoms with Gasteiger partial charge in [-0.1, -0.05) is 43.7 Å². The van der Waals surface area contributed by atoms with Crippen molar-refractivity contribution in [1.82, 2.24) is 0 Å². The van der Waals surface area contributed by atoms with Crippen LogP contribution in [0.25, 0.3) is 0 Å². The third-order valence-corrected chi connectivity index (χ3v) is 3.05. The number of hydrogen-bond acceptors (Lipinski definition) is 2. The van der Waals surface area contributed by atoms with Crippen molar-refractivity contribution in [3.05, 3.63) is 65.2 Å². The van der Waals surface area contributed by atoms with Crippen molar-refractivity contribution in [2.75, 3.05) is 0 Å². The number of rotatable bonds is 6. The Morgan fingerprint density at radius 1 is 1.10 bits per heavy atom. The van der Waals surface area contributed by atoms with Gasteiger partial charge >= 0.3 is 6.61 Å². The molecule has 4 heteroatoms. The van der Waals surface area contributed by atoms with Crippen molar-refractivity contribution >= 4 is 5.78 Å². The maximum Gasteiger partial charge on any atom is 0.387 e. The number of halogens is 2. The molecule has 0 N–H and O–H groups in total. The zero-order valence-corrected chi connectivity index (χ0v) is 11.7. The van der Waals surface area contributed by atoms with Crippen LogP contribution in [0, 0.1) is 0 Å². The summed E-state index contributed by atoms with van der Waals surface area (Å²) < 4.78 is 28.7. The van der Waals surface area contributed by atoms with Gasteiger partial charge in [0.15, 0.2) is 5.78 Å². The van der Waals surface area contributed by atoms with Gasteiger partial charge < -0.3 is 4.74 Å². The second kappa shape index (κ2) is 6.97. The first-order chi connectivity index (χ1) is 10.1. The molecule has 0 atom stereocenters. The van der Waals surface area contributed by atoms with E-state index in [1.54, 1.807) is 12.1 Å². The molecule has 0 aromatic heterocycles. The fourth-order valence-electron chi connectivity index (χ4n) is 2.14. The molecule has 0 unspecified atom stereocenters. The predicted octanol–water partition coefficient (Wildman–Crippen LogP) is 4.47. The third-order valence-electron chi connectivity index (χ3n) is 3.05. The Hall–Kier alpha value is -2.23. The number of hydrogen-bond donors (Lipinski definition) is 0. The summed E-state index contributed by atoms with van der Waals surface area (Å²) in [6, 6.07) is 13.2. The molecule has 0 spiro atoms. The van der Waals surface area contributed by atoms with Gasteiger partial charge in [0.05, 0.1) is 0 Å². The van der Waals surface area contributed by atoms with E-state index in [1.807, 2.05) is 18.2 Å². The van der Waals surface area contributed by atoms with Gasteiger partial charge in [-0.15, -0.1) is 0 Å². The fourth-order valence-corrected chi connectivity index (χ4v) is 2.14. The van der Waals surface area contributed by atoms with Crippen LogP contribution in [0.1, 0.15) is 34.8 Å². The molecule has 2 aromatic rings. The van der Waals surface area contributed by atoms with E-state index >= 15 is 0 Å². The van der Waals surface area contributed by atoms with Crippen LogP contribution in [-0.4, -0.2) is 12.4 Å². The number of carbonyl (C=O) groups excluding carboxylic acids is 1. The number of ketones is 1. The van der Waals surface area contributed by atoms with Crippen LogP contribution >= 0.6 is 0 Å². The molecule has 0 amide bonds. The average molecular weight is 290 g/mol. The summed E-state index contributed by atoms with van der Waals surface area (Å²) in [4.78, 5) is 12.4. The normalized spacial score (nSPS) is 10.7. The maximum atomic E-state index is 12.4. The van der Waals surface area contributed by atoms with Crippen molar-refractivity contribution in [1.29, 1.82) is 0 Å². The van der Waals surface area contributed by atoms with Crippen LogP contribution in [-0.2, 0) is 6.42 Å². The zero-order valence-electron chi connectivity index (χ0n) is 11.7. The lowest BCUT2D eigenvalue weighted by molar-refractivity contribution is -0.0498. The van der Waals surface area contributed by atoms with Crippen LogP contribution in [0.5, 0.6) is 5.75 Å². The van der Waals surface area contributed by atoms with Gasteiger partial charge in [-0.05, 0) is 30.2 Å². The molecule has 0 aliphatic carbocycles. The summed E-state index contributed by atoms with van der Waals surface area (Å²) in [5.41, 5.74) is 1.97. The summed E-state index contributed by atoms with van der Waals surface area (Å²) in [6.07, 6.45) is 1.89. The summed E-state index contributed by atoms with van der Waals surface area (Å²) in [6.45, 7) is -0.831. The SMILES string of the molecule is CCCc1cccc(C(=O)c2cccc(OC(F)F)c2)c1. The van der Waals surface area contributed by atoms with Crippen LogP contribution < -0.4 is 4.74 Å². The largest absolute Gasteiger partial charge is 0.435 e. The zero-order chi connectivity index (χ0) is 15.2. The molecule has 0 saturated carbocycles. The standard InChI is InChI=1S/C17H16F2O2/c1-2-5-12-6-3-7-13(10-12)16(20)14-8-4-9-15(11-14)21-17(18)19/h3-4,6-11,17H,2,5H2,1H3. The molecule has 0 radical (unpaired) electrons. The van der Waals surface area contributed by atoms with Crippen molar-refractivity contribution in [3.63, 3.8) is 0 Å². The van der Waals surface area contributed by atoms with Crippen molar-refractivity contribution in [2.45, 2.75) is 26.4 Å². The van der Waals surface area contributed by atoms with Gasteiger partial charge in [-0.2, -0.15) is 8.78 Å². The van der Waals surface area contributed by atoms with Gasteiger partial charge in [-0.3, -0.25) is 4.79 Å². The topological polar surface area (TPSA) is 26.3 Å². The predicted molar refractivity (Wildman–Crippen MR) is 76.9 cm³/mol. The molecule has 2 nitrogen and oxygen atoms in total. The van der Waals surface area contributed by atoms with Crippen LogP contribution in [0.3, 0.4) is 0 Å². The minimum absolute atomic E-state index is 0.0134. The highest BCUT2D eigenvalue weighted by Crippen LogP contribution is 2.19. The molecule has 2 rings (SSSR count). The van der Waals surface area contributed by atoms with Gasteiger partial charge in [0, 0.05) is 11.1 Å². The van der Waals surface area contributed by atoms with Crippen LogP contribution in [0.15, 0.2) is 48.5 Å². The molecule has 0 heterocycles. The van der Waals surface area contributed by atoms with Gasteiger partial charge in [0.2, 0.25) is 0 Å². The lowest BCUT2D eigenvalue weighted by atomic mass is 10.00. The number of ether oxygens (including phenoxy) is 1. The lowest BCUT2D eigenvalue weighted by Crippen LogP contribution is -2.05. The minimum atomic E-state index is -2.90. The summed E-state index contributed by atoms with van der Waals surface area (Å²) in [7, 11) is 0. The third kappa shape index (κ3) is 4.12. The number of benzene rings is 2. The molecular formula is C17H16F2O2. The van der Waals surface area contributed by atoms with E-state index in [1.165, 1.54) is 18.2 Å². The smallest absolute Gasteiger partial charge is 0.387 e. The number of alkyl halides is 2. The van der Waals surface area contributed by atoms with E-state index in [0.717, 1.165) is 18.4 Å². The van der Waals surface area contributed by atoms with Crippen LogP contribution in [0.2, 0.25) is 0 Å². The van der Waals surface area contributed by atoms with E-state index in [-0.39, 0.29) is 11.5 Å². The highest BCUT2D eigenvalue weighted by atomic mass is 19.3. The number of aryl methyl sites for hydroxylation is 1.